The normalized spacial score (nSPS) is 22.4. The van der Waals surface area contributed by atoms with E-state index in [1.165, 1.54) is 11.1 Å². The predicted octanol–water partition coefficient (Wildman–Crippen LogP) is 2.67. The Kier molecular flexibility index (Phi) is 1.67. The first kappa shape index (κ1) is 8.12. The third-order valence-electron chi connectivity index (χ3n) is 2.66. The second kappa shape index (κ2) is 2.89. The van der Waals surface area contributed by atoms with Gasteiger partial charge in [0.1, 0.15) is 0 Å². The van der Waals surface area contributed by atoms with Crippen molar-refractivity contribution in [3.05, 3.63) is 35.4 Å². The van der Waals surface area contributed by atoms with Crippen LogP contribution in [0.5, 0.6) is 0 Å². The van der Waals surface area contributed by atoms with E-state index in [0.717, 1.165) is 17.3 Å². The van der Waals surface area contributed by atoms with Crippen molar-refractivity contribution >= 4 is 29.6 Å². The van der Waals surface area contributed by atoms with Crippen molar-refractivity contribution in [2.24, 2.45) is 4.99 Å². The molecule has 2 aliphatic rings. The van der Waals surface area contributed by atoms with Crippen LogP contribution in [0, 0.1) is 0 Å². The van der Waals surface area contributed by atoms with Crippen LogP contribution in [0.25, 0.3) is 6.08 Å². The van der Waals surface area contributed by atoms with Crippen LogP contribution in [0.15, 0.2) is 29.3 Å². The summed E-state index contributed by atoms with van der Waals surface area (Å²) in [4.78, 5) is 4.37. The van der Waals surface area contributed by atoms with Gasteiger partial charge in [0, 0.05) is 5.56 Å². The number of nitrogens with zero attached hydrogens (tertiary/aromatic N) is 1. The van der Waals surface area contributed by atoms with Crippen LogP contribution >= 0.6 is 12.6 Å². The highest BCUT2D eigenvalue weighted by Crippen LogP contribution is 2.37. The second-order valence-corrected chi connectivity index (χ2v) is 3.97. The Bertz CT molecular complexity index is 449. The van der Waals surface area contributed by atoms with Crippen molar-refractivity contribution < 1.29 is 0 Å². The molecule has 14 heavy (non-hydrogen) atoms. The molecule has 2 nitrogen and oxygen atoms in total. The van der Waals surface area contributed by atoms with E-state index in [0.29, 0.717) is 6.04 Å². The van der Waals surface area contributed by atoms with Gasteiger partial charge in [0.2, 0.25) is 0 Å². The SMILES string of the molecule is SC1=Nc2cccc3c2C(CC=C3)N1. The molecule has 0 aromatic heterocycles. The van der Waals surface area contributed by atoms with E-state index in [9.17, 15) is 0 Å². The van der Waals surface area contributed by atoms with Crippen LogP contribution in [0.4, 0.5) is 5.69 Å². The Hall–Kier alpha value is -1.22. The molecule has 3 rings (SSSR count). The van der Waals surface area contributed by atoms with Gasteiger partial charge >= 0.3 is 0 Å². The summed E-state index contributed by atoms with van der Waals surface area (Å²) < 4.78 is 0. The number of rotatable bonds is 0. The molecule has 0 saturated heterocycles. The average Bonchev–Trinajstić information content (AvgIpc) is 2.18. The van der Waals surface area contributed by atoms with E-state index in [1.54, 1.807) is 0 Å². The summed E-state index contributed by atoms with van der Waals surface area (Å²) in [6.07, 6.45) is 5.37. The summed E-state index contributed by atoms with van der Waals surface area (Å²) in [5.41, 5.74) is 3.64. The fraction of sp³-hybridized carbons (Fsp3) is 0.182. The van der Waals surface area contributed by atoms with E-state index in [-0.39, 0.29) is 0 Å². The monoisotopic (exact) mass is 202 g/mol. The van der Waals surface area contributed by atoms with Gasteiger partial charge in [0.25, 0.3) is 0 Å². The van der Waals surface area contributed by atoms with E-state index in [4.69, 9.17) is 0 Å². The minimum Gasteiger partial charge on any atom is -0.358 e. The molecule has 70 valence electrons. The summed E-state index contributed by atoms with van der Waals surface area (Å²) in [6, 6.07) is 6.57. The zero-order valence-corrected chi connectivity index (χ0v) is 8.46. The number of aliphatic imine (C=N–C) groups is 1. The molecule has 1 aromatic rings. The average molecular weight is 202 g/mol. The van der Waals surface area contributed by atoms with E-state index in [2.05, 4.69) is 41.2 Å². The molecule has 0 amide bonds. The van der Waals surface area contributed by atoms with E-state index < -0.39 is 0 Å². The maximum atomic E-state index is 4.37. The van der Waals surface area contributed by atoms with Gasteiger partial charge in [0.05, 0.1) is 11.7 Å². The fourth-order valence-corrected chi connectivity index (χ4v) is 2.34. The molecular formula is C11H10N2S. The molecule has 1 N–H and O–H groups in total. The highest BCUT2D eigenvalue weighted by atomic mass is 32.1. The highest BCUT2D eigenvalue weighted by molar-refractivity contribution is 7.96. The highest BCUT2D eigenvalue weighted by Gasteiger charge is 2.23. The zero-order chi connectivity index (χ0) is 9.54. The van der Waals surface area contributed by atoms with Crippen LogP contribution in [0.1, 0.15) is 23.6 Å². The Morgan fingerprint density at radius 2 is 2.36 bits per heavy atom. The lowest BCUT2D eigenvalue weighted by Crippen LogP contribution is -2.29. The summed E-state index contributed by atoms with van der Waals surface area (Å²) >= 11 is 4.27. The minimum atomic E-state index is 0.358. The van der Waals surface area contributed by atoms with Crippen molar-refractivity contribution in [1.29, 1.82) is 0 Å². The van der Waals surface area contributed by atoms with Crippen molar-refractivity contribution in [2.45, 2.75) is 12.5 Å². The molecule has 1 unspecified atom stereocenters. The molecule has 0 saturated carbocycles. The Morgan fingerprint density at radius 3 is 3.29 bits per heavy atom. The number of amidine groups is 1. The number of benzene rings is 1. The van der Waals surface area contributed by atoms with Gasteiger partial charge in [-0.2, -0.15) is 0 Å². The molecule has 1 aromatic carbocycles. The maximum Gasteiger partial charge on any atom is 0.159 e. The first-order valence-electron chi connectivity index (χ1n) is 4.68. The van der Waals surface area contributed by atoms with Crippen molar-refractivity contribution in [3.8, 4) is 0 Å². The summed E-state index contributed by atoms with van der Waals surface area (Å²) in [7, 11) is 0. The van der Waals surface area contributed by atoms with Crippen molar-refractivity contribution in [3.63, 3.8) is 0 Å². The van der Waals surface area contributed by atoms with Gasteiger partial charge in [-0.25, -0.2) is 4.99 Å². The predicted molar refractivity (Wildman–Crippen MR) is 62.1 cm³/mol. The molecule has 1 aliphatic heterocycles. The van der Waals surface area contributed by atoms with Crippen LogP contribution in [0.3, 0.4) is 0 Å². The number of nitrogens with one attached hydrogen (secondary N) is 1. The molecule has 1 aliphatic carbocycles. The van der Waals surface area contributed by atoms with Crippen LogP contribution < -0.4 is 5.32 Å². The largest absolute Gasteiger partial charge is 0.358 e. The molecule has 0 spiro atoms. The van der Waals surface area contributed by atoms with Gasteiger partial charge < -0.3 is 5.32 Å². The third-order valence-corrected chi connectivity index (χ3v) is 2.89. The summed E-state index contributed by atoms with van der Waals surface area (Å²) in [5.74, 6) is 0. The van der Waals surface area contributed by atoms with Gasteiger partial charge in [-0.3, -0.25) is 0 Å². The summed E-state index contributed by atoms with van der Waals surface area (Å²) in [6.45, 7) is 0. The molecular weight excluding hydrogens is 192 g/mol. The molecule has 0 bridgehead atoms. The zero-order valence-electron chi connectivity index (χ0n) is 7.57. The Balaban J connectivity index is 2.28. The third kappa shape index (κ3) is 1.09. The van der Waals surface area contributed by atoms with Crippen LogP contribution in [-0.2, 0) is 0 Å². The minimum absolute atomic E-state index is 0.358. The topological polar surface area (TPSA) is 24.4 Å². The smallest absolute Gasteiger partial charge is 0.159 e. The van der Waals surface area contributed by atoms with Crippen molar-refractivity contribution in [2.75, 3.05) is 0 Å². The van der Waals surface area contributed by atoms with Gasteiger partial charge in [-0.15, -0.1) is 12.6 Å². The molecule has 0 fully saturated rings. The van der Waals surface area contributed by atoms with E-state index >= 15 is 0 Å². The summed E-state index contributed by atoms with van der Waals surface area (Å²) in [5, 5.41) is 3.99. The molecule has 0 radical (unpaired) electrons. The van der Waals surface area contributed by atoms with Gasteiger partial charge in [-0.05, 0) is 18.1 Å². The second-order valence-electron chi connectivity index (χ2n) is 3.55. The lowest BCUT2D eigenvalue weighted by Gasteiger charge is -2.28. The van der Waals surface area contributed by atoms with Gasteiger partial charge in [-0.1, -0.05) is 24.3 Å². The van der Waals surface area contributed by atoms with Gasteiger partial charge in [0.15, 0.2) is 5.17 Å². The first-order chi connectivity index (χ1) is 6.84. The lowest BCUT2D eigenvalue weighted by atomic mass is 9.91. The number of hydrogen-bond donors (Lipinski definition) is 2. The fourth-order valence-electron chi connectivity index (χ4n) is 2.08. The van der Waals surface area contributed by atoms with Crippen LogP contribution in [-0.4, -0.2) is 5.17 Å². The van der Waals surface area contributed by atoms with Crippen LogP contribution in [0.2, 0.25) is 0 Å². The standard InChI is InChI=1S/C11H10N2S/c14-11-12-8-5-1-3-7-4-2-6-9(13-11)10(7)8/h1-5,9H,6H2,(H2,12,13,14). The number of hydrogen-bond acceptors (Lipinski definition) is 2. The van der Waals surface area contributed by atoms with Crippen molar-refractivity contribution in [1.82, 2.24) is 5.32 Å². The first-order valence-corrected chi connectivity index (χ1v) is 5.13. The maximum absolute atomic E-state index is 4.37. The lowest BCUT2D eigenvalue weighted by molar-refractivity contribution is 0.649. The Morgan fingerprint density at radius 1 is 1.43 bits per heavy atom. The molecule has 1 heterocycles. The Labute approximate surface area is 88.2 Å². The molecule has 3 heteroatoms. The quantitative estimate of drug-likeness (QED) is 0.621. The molecule has 1 atom stereocenters. The number of thiol groups is 1. The van der Waals surface area contributed by atoms with E-state index in [1.807, 2.05) is 12.1 Å².